The number of fused-ring (bicyclic) bond motifs is 3. The topological polar surface area (TPSA) is 49.8 Å². The largest absolute Gasteiger partial charge is 0.456 e. The van der Waals surface area contributed by atoms with E-state index in [4.69, 9.17) is 4.42 Å². The van der Waals surface area contributed by atoms with Crippen LogP contribution in [0.4, 0.5) is 0 Å². The Morgan fingerprint density at radius 1 is 1.04 bits per heavy atom. The second-order valence-electron chi connectivity index (χ2n) is 6.20. The van der Waals surface area contributed by atoms with Gasteiger partial charge < -0.3 is 4.42 Å². The van der Waals surface area contributed by atoms with Crippen LogP contribution in [0.5, 0.6) is 0 Å². The molecule has 24 heavy (non-hydrogen) atoms. The minimum absolute atomic E-state index is 0.221. The zero-order valence-electron chi connectivity index (χ0n) is 13.6. The molecule has 3 nitrogen and oxygen atoms in total. The molecule has 116 valence electrons. The van der Waals surface area contributed by atoms with Gasteiger partial charge in [0.2, 0.25) is 0 Å². The van der Waals surface area contributed by atoms with Gasteiger partial charge in [-0.05, 0) is 48.4 Å². The normalized spacial score (nSPS) is 11.2. The number of pyridine rings is 1. The number of hydrogen-bond acceptors (Lipinski definition) is 3. The van der Waals surface area contributed by atoms with Gasteiger partial charge in [-0.15, -0.1) is 0 Å². The van der Waals surface area contributed by atoms with Gasteiger partial charge in [-0.25, -0.2) is 0 Å². The van der Waals surface area contributed by atoms with E-state index in [0.717, 1.165) is 38.8 Å². The summed E-state index contributed by atoms with van der Waals surface area (Å²) in [6.07, 6.45) is 1.79. The predicted octanol–water partition coefficient (Wildman–Crippen LogP) is 5.64. The van der Waals surface area contributed by atoms with Crippen molar-refractivity contribution < 1.29 is 4.42 Å². The molecule has 0 aliphatic rings. The number of nitrogens with zero attached hydrogens (tertiary/aromatic N) is 2. The number of nitriles is 1. The van der Waals surface area contributed by atoms with Crippen molar-refractivity contribution in [2.45, 2.75) is 19.8 Å². The van der Waals surface area contributed by atoms with Crippen LogP contribution in [0, 0.1) is 11.3 Å². The lowest BCUT2D eigenvalue weighted by molar-refractivity contribution is 0.656. The summed E-state index contributed by atoms with van der Waals surface area (Å²) in [6, 6.07) is 18.2. The van der Waals surface area contributed by atoms with Crippen molar-refractivity contribution >= 4 is 21.9 Å². The lowest BCUT2D eigenvalue weighted by atomic mass is 9.95. The van der Waals surface area contributed by atoms with Crippen LogP contribution in [-0.4, -0.2) is 4.98 Å². The van der Waals surface area contributed by atoms with E-state index in [1.165, 1.54) is 0 Å². The SMILES string of the molecule is CC(C)c1c(C#N)ccc2c1oc1ccc(-c3ccccn3)cc12. The highest BCUT2D eigenvalue weighted by atomic mass is 16.3. The van der Waals surface area contributed by atoms with Crippen molar-refractivity contribution in [1.29, 1.82) is 5.26 Å². The highest BCUT2D eigenvalue weighted by Gasteiger charge is 2.17. The van der Waals surface area contributed by atoms with Crippen LogP contribution in [0.1, 0.15) is 30.9 Å². The summed E-state index contributed by atoms with van der Waals surface area (Å²) >= 11 is 0. The average Bonchev–Trinajstić information content (AvgIpc) is 2.98. The molecular formula is C21H16N2O. The van der Waals surface area contributed by atoms with Gasteiger partial charge in [0.25, 0.3) is 0 Å². The van der Waals surface area contributed by atoms with Gasteiger partial charge >= 0.3 is 0 Å². The Kier molecular flexibility index (Phi) is 3.32. The Bertz CT molecular complexity index is 1090. The van der Waals surface area contributed by atoms with Gasteiger partial charge in [-0.1, -0.05) is 19.9 Å². The standard InChI is InChI=1S/C21H16N2O/c1-13(2)20-15(12-22)6-8-16-17-11-14(18-5-3-4-10-23-18)7-9-19(17)24-21(16)20/h3-11,13H,1-2H3. The summed E-state index contributed by atoms with van der Waals surface area (Å²) in [7, 11) is 0. The maximum Gasteiger partial charge on any atom is 0.140 e. The fourth-order valence-corrected chi connectivity index (χ4v) is 3.22. The van der Waals surface area contributed by atoms with Crippen LogP contribution in [0.25, 0.3) is 33.2 Å². The molecule has 0 aliphatic carbocycles. The maximum absolute atomic E-state index is 9.39. The molecular weight excluding hydrogens is 296 g/mol. The van der Waals surface area contributed by atoms with Gasteiger partial charge in [0, 0.05) is 28.1 Å². The van der Waals surface area contributed by atoms with Crippen LogP contribution in [0.15, 0.2) is 59.1 Å². The summed E-state index contributed by atoms with van der Waals surface area (Å²) in [6.45, 7) is 4.17. The van der Waals surface area contributed by atoms with Crippen LogP contribution in [-0.2, 0) is 0 Å². The van der Waals surface area contributed by atoms with E-state index in [-0.39, 0.29) is 5.92 Å². The number of hydrogen-bond donors (Lipinski definition) is 0. The monoisotopic (exact) mass is 312 g/mol. The Balaban J connectivity index is 2.03. The number of aromatic nitrogens is 1. The highest BCUT2D eigenvalue weighted by molar-refractivity contribution is 6.07. The van der Waals surface area contributed by atoms with Gasteiger partial charge in [0.05, 0.1) is 17.3 Å². The Morgan fingerprint density at radius 2 is 1.92 bits per heavy atom. The molecule has 0 saturated heterocycles. The Hall–Kier alpha value is -3.12. The maximum atomic E-state index is 9.39. The summed E-state index contributed by atoms with van der Waals surface area (Å²) < 4.78 is 6.11. The molecule has 4 rings (SSSR count). The van der Waals surface area contributed by atoms with Crippen LogP contribution < -0.4 is 0 Å². The van der Waals surface area contributed by atoms with Crippen LogP contribution in [0.3, 0.4) is 0 Å². The van der Waals surface area contributed by atoms with Crippen molar-refractivity contribution in [1.82, 2.24) is 4.98 Å². The van der Waals surface area contributed by atoms with Crippen molar-refractivity contribution in [3.63, 3.8) is 0 Å². The molecule has 0 amide bonds. The lowest BCUT2D eigenvalue weighted by Gasteiger charge is -2.07. The second-order valence-corrected chi connectivity index (χ2v) is 6.20. The van der Waals surface area contributed by atoms with E-state index in [2.05, 4.69) is 31.0 Å². The summed E-state index contributed by atoms with van der Waals surface area (Å²) in [5.74, 6) is 0.221. The van der Waals surface area contributed by atoms with Crippen LogP contribution in [0.2, 0.25) is 0 Å². The molecule has 4 aromatic rings. The van der Waals surface area contributed by atoms with Gasteiger partial charge in [0.15, 0.2) is 0 Å². The van der Waals surface area contributed by atoms with Gasteiger partial charge in [-0.2, -0.15) is 5.26 Å². The predicted molar refractivity (Wildman–Crippen MR) is 95.8 cm³/mol. The third-order valence-electron chi connectivity index (χ3n) is 4.34. The molecule has 0 atom stereocenters. The first-order valence-corrected chi connectivity index (χ1v) is 7.99. The third kappa shape index (κ3) is 2.16. The Labute approximate surface area is 140 Å². The minimum atomic E-state index is 0.221. The van der Waals surface area contributed by atoms with E-state index in [1.807, 2.05) is 42.5 Å². The van der Waals surface area contributed by atoms with E-state index in [1.54, 1.807) is 6.20 Å². The molecule has 2 aromatic heterocycles. The van der Waals surface area contributed by atoms with E-state index in [0.29, 0.717) is 5.56 Å². The van der Waals surface area contributed by atoms with Crippen molar-refractivity contribution in [3.8, 4) is 17.3 Å². The molecule has 0 aliphatic heterocycles. The molecule has 0 N–H and O–H groups in total. The zero-order chi connectivity index (χ0) is 16.7. The fraction of sp³-hybridized carbons (Fsp3) is 0.143. The first kappa shape index (κ1) is 14.5. The molecule has 0 radical (unpaired) electrons. The molecule has 0 unspecified atom stereocenters. The number of furan rings is 1. The average molecular weight is 312 g/mol. The zero-order valence-corrected chi connectivity index (χ0v) is 13.6. The molecule has 0 saturated carbocycles. The smallest absolute Gasteiger partial charge is 0.140 e. The van der Waals surface area contributed by atoms with Crippen molar-refractivity contribution in [2.24, 2.45) is 0 Å². The van der Waals surface area contributed by atoms with Crippen molar-refractivity contribution in [2.75, 3.05) is 0 Å². The highest BCUT2D eigenvalue weighted by Crippen LogP contribution is 2.37. The lowest BCUT2D eigenvalue weighted by Crippen LogP contribution is -1.93. The Morgan fingerprint density at radius 3 is 2.62 bits per heavy atom. The quantitative estimate of drug-likeness (QED) is 0.481. The molecule has 0 fully saturated rings. The van der Waals surface area contributed by atoms with E-state index in [9.17, 15) is 5.26 Å². The third-order valence-corrected chi connectivity index (χ3v) is 4.34. The molecule has 0 bridgehead atoms. The number of benzene rings is 2. The summed E-state index contributed by atoms with van der Waals surface area (Å²) in [4.78, 5) is 4.42. The van der Waals surface area contributed by atoms with E-state index >= 15 is 0 Å². The van der Waals surface area contributed by atoms with Gasteiger partial charge in [-0.3, -0.25) is 4.98 Å². The summed E-state index contributed by atoms with van der Waals surface area (Å²) in [5.41, 5.74) is 5.30. The molecule has 3 heteroatoms. The van der Waals surface area contributed by atoms with Crippen molar-refractivity contribution in [3.05, 3.63) is 65.9 Å². The van der Waals surface area contributed by atoms with Crippen LogP contribution >= 0.6 is 0 Å². The fourth-order valence-electron chi connectivity index (χ4n) is 3.22. The molecule has 2 heterocycles. The first-order chi connectivity index (χ1) is 11.7. The van der Waals surface area contributed by atoms with Gasteiger partial charge in [0.1, 0.15) is 11.2 Å². The first-order valence-electron chi connectivity index (χ1n) is 7.99. The minimum Gasteiger partial charge on any atom is -0.456 e. The molecule has 2 aromatic carbocycles. The summed E-state index contributed by atoms with van der Waals surface area (Å²) in [5, 5.41) is 11.5. The second kappa shape index (κ2) is 5.50. The van der Waals surface area contributed by atoms with E-state index < -0.39 is 0 Å². The molecule has 0 spiro atoms. The number of rotatable bonds is 2.